The largest absolute Gasteiger partial charge is 0.369 e. The summed E-state index contributed by atoms with van der Waals surface area (Å²) in [7, 11) is 0. The molecule has 0 bridgehead atoms. The van der Waals surface area contributed by atoms with Gasteiger partial charge in [-0.05, 0) is 45.4 Å². The summed E-state index contributed by atoms with van der Waals surface area (Å²) < 4.78 is 0. The maximum absolute atomic E-state index is 11.1. The van der Waals surface area contributed by atoms with Crippen LogP contribution in [0.4, 0.5) is 0 Å². The van der Waals surface area contributed by atoms with Gasteiger partial charge in [-0.25, -0.2) is 0 Å². The van der Waals surface area contributed by atoms with Crippen LogP contribution in [0.3, 0.4) is 0 Å². The fourth-order valence-corrected chi connectivity index (χ4v) is 1.73. The highest BCUT2D eigenvalue weighted by atomic mass is 16.2. The lowest BCUT2D eigenvalue weighted by Crippen LogP contribution is -2.49. The van der Waals surface area contributed by atoms with Crippen molar-refractivity contribution >= 4 is 11.8 Å². The van der Waals surface area contributed by atoms with E-state index in [1.165, 1.54) is 0 Å². The zero-order valence-corrected chi connectivity index (χ0v) is 12.9. The van der Waals surface area contributed by atoms with Gasteiger partial charge in [0.25, 0.3) is 0 Å². The minimum atomic E-state index is -0.917. The number of primary amides is 2. The molecule has 0 rings (SSSR count). The molecule has 2 amide bonds. The summed E-state index contributed by atoms with van der Waals surface area (Å²) in [6.07, 6.45) is 9.10. The quantitative estimate of drug-likeness (QED) is 0.418. The van der Waals surface area contributed by atoms with E-state index in [2.05, 4.69) is 12.2 Å². The Bertz CT molecular complexity index is 326. The first-order chi connectivity index (χ1) is 9.09. The van der Waals surface area contributed by atoms with Crippen LogP contribution in [0.2, 0.25) is 0 Å². The molecule has 5 nitrogen and oxygen atoms in total. The summed E-state index contributed by atoms with van der Waals surface area (Å²) in [6, 6.07) is 0. The molecule has 0 aromatic heterocycles. The van der Waals surface area contributed by atoms with E-state index >= 15 is 0 Å². The number of amides is 2. The monoisotopic (exact) mass is 283 g/mol. The molecule has 5 heteroatoms. The van der Waals surface area contributed by atoms with E-state index in [1.54, 1.807) is 6.92 Å². The van der Waals surface area contributed by atoms with Crippen LogP contribution in [0.1, 0.15) is 59.3 Å². The predicted octanol–water partition coefficient (Wildman–Crippen LogP) is 1.60. The number of carbonyl (C=O) groups is 2. The SMILES string of the molecule is CC(C)(CCC/C=C/CCC[C@](C)(N)C(N)=O)C(N)=O. The van der Waals surface area contributed by atoms with E-state index in [-0.39, 0.29) is 5.91 Å². The highest BCUT2D eigenvalue weighted by Crippen LogP contribution is 2.22. The Morgan fingerprint density at radius 1 is 0.900 bits per heavy atom. The van der Waals surface area contributed by atoms with Gasteiger partial charge in [-0.3, -0.25) is 9.59 Å². The van der Waals surface area contributed by atoms with Crippen LogP contribution in [0.25, 0.3) is 0 Å². The number of hydrogen-bond acceptors (Lipinski definition) is 3. The van der Waals surface area contributed by atoms with Gasteiger partial charge in [0.05, 0.1) is 5.54 Å². The van der Waals surface area contributed by atoms with E-state index in [1.807, 2.05) is 13.8 Å². The first-order valence-electron chi connectivity index (χ1n) is 7.13. The molecule has 0 aliphatic rings. The van der Waals surface area contributed by atoms with Gasteiger partial charge in [0.2, 0.25) is 11.8 Å². The van der Waals surface area contributed by atoms with Crippen LogP contribution in [0, 0.1) is 5.41 Å². The molecule has 0 aromatic rings. The van der Waals surface area contributed by atoms with Crippen molar-refractivity contribution in [1.29, 1.82) is 0 Å². The molecule has 0 aliphatic carbocycles. The number of nitrogens with two attached hydrogens (primary N) is 3. The highest BCUT2D eigenvalue weighted by Gasteiger charge is 2.24. The second-order valence-corrected chi connectivity index (χ2v) is 6.29. The molecular weight excluding hydrogens is 254 g/mol. The Morgan fingerprint density at radius 3 is 1.75 bits per heavy atom. The van der Waals surface area contributed by atoms with Gasteiger partial charge in [0.15, 0.2) is 0 Å². The molecule has 116 valence electrons. The molecule has 0 saturated carbocycles. The van der Waals surface area contributed by atoms with Crippen LogP contribution < -0.4 is 17.2 Å². The molecule has 0 spiro atoms. The zero-order valence-electron chi connectivity index (χ0n) is 12.9. The number of carbonyl (C=O) groups excluding carboxylic acids is 2. The second-order valence-electron chi connectivity index (χ2n) is 6.29. The number of hydrogen-bond donors (Lipinski definition) is 3. The van der Waals surface area contributed by atoms with Crippen molar-refractivity contribution in [3.8, 4) is 0 Å². The molecule has 0 saturated heterocycles. The maximum atomic E-state index is 11.1. The van der Waals surface area contributed by atoms with E-state index < -0.39 is 16.9 Å². The van der Waals surface area contributed by atoms with E-state index in [4.69, 9.17) is 17.2 Å². The lowest BCUT2D eigenvalue weighted by atomic mass is 9.86. The average Bonchev–Trinajstić information content (AvgIpc) is 2.31. The van der Waals surface area contributed by atoms with Crippen LogP contribution in [0.15, 0.2) is 12.2 Å². The molecule has 0 aliphatic heterocycles. The van der Waals surface area contributed by atoms with Gasteiger partial charge in [-0.15, -0.1) is 0 Å². The Kier molecular flexibility index (Phi) is 7.50. The Balaban J connectivity index is 3.75. The Hall–Kier alpha value is -1.36. The molecule has 0 unspecified atom stereocenters. The van der Waals surface area contributed by atoms with Crippen LogP contribution in [-0.4, -0.2) is 17.4 Å². The van der Waals surface area contributed by atoms with Crippen molar-refractivity contribution in [2.45, 2.75) is 64.8 Å². The third-order valence-corrected chi connectivity index (χ3v) is 3.64. The van der Waals surface area contributed by atoms with Gasteiger partial charge in [0, 0.05) is 5.41 Å². The van der Waals surface area contributed by atoms with Crippen molar-refractivity contribution in [2.75, 3.05) is 0 Å². The zero-order chi connectivity index (χ0) is 15.8. The van der Waals surface area contributed by atoms with Crippen molar-refractivity contribution in [1.82, 2.24) is 0 Å². The first kappa shape index (κ1) is 18.6. The maximum Gasteiger partial charge on any atom is 0.237 e. The minimum Gasteiger partial charge on any atom is -0.369 e. The molecule has 6 N–H and O–H groups in total. The van der Waals surface area contributed by atoms with Gasteiger partial charge in [0.1, 0.15) is 0 Å². The minimum absolute atomic E-state index is 0.254. The van der Waals surface area contributed by atoms with Gasteiger partial charge in [-0.2, -0.15) is 0 Å². The molecule has 0 aromatic carbocycles. The summed E-state index contributed by atoms with van der Waals surface area (Å²) >= 11 is 0. The topological polar surface area (TPSA) is 112 Å². The standard InChI is InChI=1S/C15H29N3O2/c1-14(2,12(16)19)10-8-6-4-5-7-9-11-15(3,18)13(17)20/h4-5H,6-11,18H2,1-3H3,(H2,16,19)(H2,17,20)/b5-4+/t15-/m0/s1. The molecule has 0 fully saturated rings. The van der Waals surface area contributed by atoms with Crippen molar-refractivity contribution < 1.29 is 9.59 Å². The van der Waals surface area contributed by atoms with Crippen molar-refractivity contribution in [2.24, 2.45) is 22.6 Å². The number of unbranched alkanes of at least 4 members (excludes halogenated alkanes) is 2. The summed E-state index contributed by atoms with van der Waals surface area (Å²) in [5.74, 6) is -0.717. The summed E-state index contributed by atoms with van der Waals surface area (Å²) in [4.78, 5) is 22.1. The van der Waals surface area contributed by atoms with E-state index in [0.717, 1.165) is 32.1 Å². The van der Waals surface area contributed by atoms with Crippen LogP contribution >= 0.6 is 0 Å². The fourth-order valence-electron chi connectivity index (χ4n) is 1.73. The van der Waals surface area contributed by atoms with E-state index in [0.29, 0.717) is 6.42 Å². The fraction of sp³-hybridized carbons (Fsp3) is 0.733. The molecular formula is C15H29N3O2. The summed E-state index contributed by atoms with van der Waals surface area (Å²) in [5, 5.41) is 0. The third-order valence-electron chi connectivity index (χ3n) is 3.64. The van der Waals surface area contributed by atoms with Crippen molar-refractivity contribution in [3.63, 3.8) is 0 Å². The summed E-state index contributed by atoms with van der Waals surface area (Å²) in [5.41, 5.74) is 14.9. The smallest absolute Gasteiger partial charge is 0.237 e. The average molecular weight is 283 g/mol. The lowest BCUT2D eigenvalue weighted by molar-refractivity contribution is -0.126. The van der Waals surface area contributed by atoms with E-state index in [9.17, 15) is 9.59 Å². The molecule has 1 atom stereocenters. The van der Waals surface area contributed by atoms with Crippen molar-refractivity contribution in [3.05, 3.63) is 12.2 Å². The molecule has 0 heterocycles. The van der Waals surface area contributed by atoms with Crippen LogP contribution in [0.5, 0.6) is 0 Å². The van der Waals surface area contributed by atoms with Gasteiger partial charge >= 0.3 is 0 Å². The Labute approximate surface area is 122 Å². The lowest BCUT2D eigenvalue weighted by Gasteiger charge is -2.19. The first-order valence-corrected chi connectivity index (χ1v) is 7.13. The molecule has 20 heavy (non-hydrogen) atoms. The second kappa shape index (κ2) is 8.04. The third kappa shape index (κ3) is 7.28. The normalized spacial score (nSPS) is 15.2. The number of rotatable bonds is 10. The predicted molar refractivity (Wildman–Crippen MR) is 81.6 cm³/mol. The highest BCUT2D eigenvalue weighted by molar-refractivity contribution is 5.83. The number of allylic oxidation sites excluding steroid dienone is 2. The summed E-state index contributed by atoms with van der Waals surface area (Å²) in [6.45, 7) is 5.39. The van der Waals surface area contributed by atoms with Gasteiger partial charge in [-0.1, -0.05) is 26.0 Å². The molecule has 0 radical (unpaired) electrons. The Morgan fingerprint density at radius 2 is 1.35 bits per heavy atom. The van der Waals surface area contributed by atoms with Crippen LogP contribution in [-0.2, 0) is 9.59 Å². The van der Waals surface area contributed by atoms with Gasteiger partial charge < -0.3 is 17.2 Å².